The lowest BCUT2D eigenvalue weighted by atomic mass is 10.0. The van der Waals surface area contributed by atoms with Gasteiger partial charge in [-0.05, 0) is 31.5 Å². The number of carbonyl (C=O) groups is 1. The second-order valence-electron chi connectivity index (χ2n) is 4.74. The summed E-state index contributed by atoms with van der Waals surface area (Å²) in [6.45, 7) is 3.75. The van der Waals surface area contributed by atoms with Crippen molar-refractivity contribution in [2.24, 2.45) is 0 Å². The number of Topliss-reactive ketones (excluding diaryl/α,β-unsaturated/α-hetero) is 1. The van der Waals surface area contributed by atoms with Crippen molar-refractivity contribution in [3.8, 4) is 0 Å². The lowest BCUT2D eigenvalue weighted by Gasteiger charge is -2.05. The van der Waals surface area contributed by atoms with Crippen molar-refractivity contribution in [1.82, 2.24) is 4.98 Å². The molecule has 0 saturated heterocycles. The van der Waals surface area contributed by atoms with Gasteiger partial charge >= 0.3 is 0 Å². The minimum Gasteiger partial charge on any atom is -0.507 e. The second kappa shape index (κ2) is 4.05. The number of hydrogen-bond acceptors (Lipinski definition) is 3. The first-order chi connectivity index (χ1) is 9.08. The Kier molecular flexibility index (Phi) is 2.49. The number of aromatic nitrogens is 1. The van der Waals surface area contributed by atoms with Crippen LogP contribution in [0, 0.1) is 13.8 Å². The first-order valence-electron chi connectivity index (χ1n) is 6.11. The number of nitrogens with zero attached hydrogens (tertiary/aromatic N) is 1. The molecule has 0 fully saturated rings. The van der Waals surface area contributed by atoms with Crippen molar-refractivity contribution in [2.45, 2.75) is 13.8 Å². The van der Waals surface area contributed by atoms with E-state index in [9.17, 15) is 9.90 Å². The first kappa shape index (κ1) is 11.7. The van der Waals surface area contributed by atoms with Gasteiger partial charge in [-0.1, -0.05) is 24.3 Å². The molecule has 94 valence electrons. The average molecular weight is 251 g/mol. The van der Waals surface area contributed by atoms with Gasteiger partial charge in [0.1, 0.15) is 5.76 Å². The van der Waals surface area contributed by atoms with Crippen LogP contribution in [0.4, 0.5) is 0 Å². The number of allylic oxidation sites excluding steroid dienone is 1. The van der Waals surface area contributed by atoms with Gasteiger partial charge in [-0.15, -0.1) is 0 Å². The van der Waals surface area contributed by atoms with E-state index in [1.807, 2.05) is 32.0 Å². The Morgan fingerprint density at radius 3 is 2.16 bits per heavy atom. The van der Waals surface area contributed by atoms with Crippen LogP contribution >= 0.6 is 0 Å². The van der Waals surface area contributed by atoms with Gasteiger partial charge < -0.3 is 5.11 Å². The standard InChI is InChI=1S/C16H13NO2/c1-9-7-11(8-10(2)17-9)14-15(18)12-5-3-4-6-13(12)16(14)19/h3-8,18H,1-2H3. The van der Waals surface area contributed by atoms with Crippen LogP contribution in [-0.2, 0) is 0 Å². The zero-order valence-corrected chi connectivity index (χ0v) is 10.8. The number of hydrogen-bond donors (Lipinski definition) is 1. The Morgan fingerprint density at radius 1 is 1.00 bits per heavy atom. The molecule has 3 rings (SSSR count). The van der Waals surface area contributed by atoms with Gasteiger partial charge in [-0.3, -0.25) is 9.78 Å². The number of aryl methyl sites for hydroxylation is 2. The van der Waals surface area contributed by atoms with Crippen molar-refractivity contribution in [3.05, 3.63) is 64.5 Å². The van der Waals surface area contributed by atoms with E-state index < -0.39 is 0 Å². The highest BCUT2D eigenvalue weighted by Crippen LogP contribution is 2.36. The smallest absolute Gasteiger partial charge is 0.198 e. The summed E-state index contributed by atoms with van der Waals surface area (Å²) < 4.78 is 0. The van der Waals surface area contributed by atoms with Crippen LogP contribution in [0.5, 0.6) is 0 Å². The molecule has 0 unspecified atom stereocenters. The van der Waals surface area contributed by atoms with Gasteiger partial charge in [-0.2, -0.15) is 0 Å². The Hall–Kier alpha value is -2.42. The fourth-order valence-corrected chi connectivity index (χ4v) is 2.51. The number of fused-ring (bicyclic) bond motifs is 1. The molecule has 2 aromatic rings. The summed E-state index contributed by atoms with van der Waals surface area (Å²) in [5.41, 5.74) is 3.92. The normalized spacial score (nSPS) is 13.9. The van der Waals surface area contributed by atoms with Crippen LogP contribution in [0.15, 0.2) is 36.4 Å². The number of aliphatic hydroxyl groups is 1. The third kappa shape index (κ3) is 1.74. The van der Waals surface area contributed by atoms with Gasteiger partial charge in [0.15, 0.2) is 5.78 Å². The van der Waals surface area contributed by atoms with Crippen molar-refractivity contribution in [3.63, 3.8) is 0 Å². The molecule has 3 heteroatoms. The summed E-state index contributed by atoms with van der Waals surface area (Å²) in [5.74, 6) is -0.0660. The molecule has 0 radical (unpaired) electrons. The lowest BCUT2D eigenvalue weighted by Crippen LogP contribution is -2.00. The molecule has 0 spiro atoms. The average Bonchev–Trinajstić information content (AvgIpc) is 2.61. The van der Waals surface area contributed by atoms with Crippen LogP contribution in [0.2, 0.25) is 0 Å². The number of pyridine rings is 1. The summed E-state index contributed by atoms with van der Waals surface area (Å²) in [6, 6.07) is 10.8. The van der Waals surface area contributed by atoms with Gasteiger partial charge in [0.25, 0.3) is 0 Å². The van der Waals surface area contributed by atoms with E-state index in [1.54, 1.807) is 18.2 Å². The Labute approximate surface area is 111 Å². The number of ketones is 1. The van der Waals surface area contributed by atoms with Crippen LogP contribution in [0.25, 0.3) is 11.3 Å². The van der Waals surface area contributed by atoms with Crippen LogP contribution < -0.4 is 0 Å². The van der Waals surface area contributed by atoms with E-state index in [0.29, 0.717) is 16.7 Å². The summed E-state index contributed by atoms with van der Waals surface area (Å²) in [4.78, 5) is 16.7. The molecule has 0 amide bonds. The van der Waals surface area contributed by atoms with E-state index >= 15 is 0 Å². The van der Waals surface area contributed by atoms with Crippen molar-refractivity contribution < 1.29 is 9.90 Å². The highest BCUT2D eigenvalue weighted by Gasteiger charge is 2.30. The van der Waals surface area contributed by atoms with Crippen LogP contribution in [0.1, 0.15) is 32.9 Å². The van der Waals surface area contributed by atoms with Gasteiger partial charge in [-0.25, -0.2) is 0 Å². The number of carbonyl (C=O) groups excluding carboxylic acids is 1. The zero-order valence-electron chi connectivity index (χ0n) is 10.8. The second-order valence-corrected chi connectivity index (χ2v) is 4.74. The highest BCUT2D eigenvalue weighted by atomic mass is 16.3. The highest BCUT2D eigenvalue weighted by molar-refractivity contribution is 6.38. The minimum atomic E-state index is -0.127. The maximum absolute atomic E-state index is 12.4. The molecule has 1 aliphatic carbocycles. The van der Waals surface area contributed by atoms with E-state index in [0.717, 1.165) is 17.0 Å². The Morgan fingerprint density at radius 2 is 1.58 bits per heavy atom. The molecule has 1 N–H and O–H groups in total. The van der Waals surface area contributed by atoms with Gasteiger partial charge in [0.2, 0.25) is 0 Å². The van der Waals surface area contributed by atoms with E-state index in [1.165, 1.54) is 0 Å². The fraction of sp³-hybridized carbons (Fsp3) is 0.125. The number of aliphatic hydroxyl groups excluding tert-OH is 1. The molecule has 1 heterocycles. The van der Waals surface area contributed by atoms with Crippen LogP contribution in [-0.4, -0.2) is 15.9 Å². The molecule has 0 atom stereocenters. The molecule has 0 saturated carbocycles. The van der Waals surface area contributed by atoms with Crippen molar-refractivity contribution in [2.75, 3.05) is 0 Å². The molecule has 1 aliphatic rings. The molecule has 1 aromatic carbocycles. The molecule has 1 aromatic heterocycles. The molecular formula is C16H13NO2. The largest absolute Gasteiger partial charge is 0.507 e. The van der Waals surface area contributed by atoms with Gasteiger partial charge in [0.05, 0.1) is 5.57 Å². The van der Waals surface area contributed by atoms with Crippen molar-refractivity contribution in [1.29, 1.82) is 0 Å². The summed E-state index contributed by atoms with van der Waals surface area (Å²) in [5, 5.41) is 10.3. The van der Waals surface area contributed by atoms with Gasteiger partial charge in [0, 0.05) is 22.5 Å². The third-order valence-electron chi connectivity index (χ3n) is 3.26. The predicted molar refractivity (Wildman–Crippen MR) is 73.9 cm³/mol. The molecule has 3 nitrogen and oxygen atoms in total. The molecule has 0 aliphatic heterocycles. The minimum absolute atomic E-state index is 0.0607. The maximum atomic E-state index is 12.4. The van der Waals surface area contributed by atoms with Crippen LogP contribution in [0.3, 0.4) is 0 Å². The fourth-order valence-electron chi connectivity index (χ4n) is 2.51. The van der Waals surface area contributed by atoms with E-state index in [2.05, 4.69) is 4.98 Å². The number of rotatable bonds is 1. The summed E-state index contributed by atoms with van der Waals surface area (Å²) in [6.07, 6.45) is 0. The maximum Gasteiger partial charge on any atom is 0.198 e. The summed E-state index contributed by atoms with van der Waals surface area (Å²) >= 11 is 0. The zero-order chi connectivity index (χ0) is 13.6. The monoisotopic (exact) mass is 251 g/mol. The topological polar surface area (TPSA) is 50.2 Å². The van der Waals surface area contributed by atoms with Crippen molar-refractivity contribution >= 4 is 17.1 Å². The van der Waals surface area contributed by atoms with E-state index in [4.69, 9.17) is 0 Å². The molecule has 19 heavy (non-hydrogen) atoms. The Balaban J connectivity index is 2.22. The summed E-state index contributed by atoms with van der Waals surface area (Å²) in [7, 11) is 0. The van der Waals surface area contributed by atoms with E-state index in [-0.39, 0.29) is 11.5 Å². The quantitative estimate of drug-likeness (QED) is 0.845. The third-order valence-corrected chi connectivity index (χ3v) is 3.26. The lowest BCUT2D eigenvalue weighted by molar-refractivity contribution is 0.105. The SMILES string of the molecule is Cc1cc(C2=C(O)c3ccccc3C2=O)cc(C)n1. The molecular weight excluding hydrogens is 238 g/mol. The first-order valence-corrected chi connectivity index (χ1v) is 6.11. The Bertz CT molecular complexity index is 709. The molecule has 0 bridgehead atoms. The predicted octanol–water partition coefficient (Wildman–Crippen LogP) is 3.32. The number of benzene rings is 1.